The van der Waals surface area contributed by atoms with Crippen molar-refractivity contribution in [3.63, 3.8) is 0 Å². The summed E-state index contributed by atoms with van der Waals surface area (Å²) in [5.41, 5.74) is 7.20. The SMILES string of the molecule is Cc1c2c(cc3c1[C@H](O)C[C@]1(C)[C@@H]([C@H](C)/C=C/[C@H](C)C(C)C)CC[C@@H]31)CC[C@H](OC(=O)c1ccccc1)C2. The smallest absolute Gasteiger partial charge is 0.338 e. The van der Waals surface area contributed by atoms with E-state index in [1.807, 2.05) is 30.3 Å². The number of aliphatic hydroxyl groups is 1. The van der Waals surface area contributed by atoms with Gasteiger partial charge < -0.3 is 9.84 Å². The van der Waals surface area contributed by atoms with Crippen molar-refractivity contribution in [1.82, 2.24) is 0 Å². The molecule has 3 nitrogen and oxygen atoms in total. The summed E-state index contributed by atoms with van der Waals surface area (Å²) in [5, 5.41) is 11.6. The van der Waals surface area contributed by atoms with Crippen LogP contribution in [-0.4, -0.2) is 17.2 Å². The van der Waals surface area contributed by atoms with Crippen LogP contribution in [0, 0.1) is 36.0 Å². The molecule has 0 spiro atoms. The molecule has 3 aliphatic rings. The van der Waals surface area contributed by atoms with E-state index in [4.69, 9.17) is 4.74 Å². The summed E-state index contributed by atoms with van der Waals surface area (Å²) in [6, 6.07) is 11.7. The molecule has 1 N–H and O–H groups in total. The molecule has 0 amide bonds. The maximum absolute atomic E-state index is 12.7. The Hall–Kier alpha value is -2.39. The fourth-order valence-electron chi connectivity index (χ4n) is 7.91. The van der Waals surface area contributed by atoms with E-state index in [1.54, 1.807) is 0 Å². The zero-order chi connectivity index (χ0) is 27.2. The number of rotatable bonds is 6. The van der Waals surface area contributed by atoms with Gasteiger partial charge in [-0.1, -0.05) is 71.0 Å². The lowest BCUT2D eigenvalue weighted by Crippen LogP contribution is -2.37. The number of aliphatic hydroxyl groups excluding tert-OH is 1. The maximum atomic E-state index is 12.7. The highest BCUT2D eigenvalue weighted by Gasteiger charge is 2.53. The van der Waals surface area contributed by atoms with E-state index in [2.05, 4.69) is 59.8 Å². The van der Waals surface area contributed by atoms with Crippen LogP contribution in [-0.2, 0) is 17.6 Å². The Kier molecular flexibility index (Phi) is 7.61. The van der Waals surface area contributed by atoms with Gasteiger partial charge in [-0.2, -0.15) is 0 Å². The van der Waals surface area contributed by atoms with Crippen molar-refractivity contribution in [3.05, 3.63) is 81.9 Å². The van der Waals surface area contributed by atoms with Crippen LogP contribution in [0.4, 0.5) is 0 Å². The number of benzene rings is 2. The molecule has 0 bridgehead atoms. The van der Waals surface area contributed by atoms with Gasteiger partial charge in [-0.25, -0.2) is 4.79 Å². The molecule has 0 saturated heterocycles. The molecule has 0 heterocycles. The monoisotopic (exact) mass is 514 g/mol. The molecule has 1 fully saturated rings. The van der Waals surface area contributed by atoms with Gasteiger partial charge in [-0.05, 0) is 114 Å². The van der Waals surface area contributed by atoms with Crippen LogP contribution >= 0.6 is 0 Å². The van der Waals surface area contributed by atoms with Gasteiger partial charge in [0.15, 0.2) is 0 Å². The summed E-state index contributed by atoms with van der Waals surface area (Å²) in [6.07, 6.45) is 10.1. The lowest BCUT2D eigenvalue weighted by Gasteiger charge is -2.46. The van der Waals surface area contributed by atoms with E-state index >= 15 is 0 Å². The van der Waals surface area contributed by atoms with Gasteiger partial charge in [-0.15, -0.1) is 0 Å². The van der Waals surface area contributed by atoms with Crippen molar-refractivity contribution in [3.8, 4) is 0 Å². The highest BCUT2D eigenvalue weighted by Crippen LogP contribution is 2.63. The van der Waals surface area contributed by atoms with Crippen LogP contribution in [0.25, 0.3) is 0 Å². The first-order valence-corrected chi connectivity index (χ1v) is 14.9. The fourth-order valence-corrected chi connectivity index (χ4v) is 7.91. The van der Waals surface area contributed by atoms with Crippen LogP contribution in [0.3, 0.4) is 0 Å². The Balaban J connectivity index is 1.38. The molecule has 2 aromatic carbocycles. The third-order valence-electron chi connectivity index (χ3n) is 10.5. The van der Waals surface area contributed by atoms with Crippen LogP contribution < -0.4 is 0 Å². The van der Waals surface area contributed by atoms with Crippen molar-refractivity contribution in [2.45, 2.75) is 98.2 Å². The number of aryl methyl sites for hydroxylation is 1. The molecule has 2 aromatic rings. The molecule has 7 atom stereocenters. The van der Waals surface area contributed by atoms with Crippen LogP contribution in [0.1, 0.15) is 110 Å². The molecule has 0 radical (unpaired) electrons. The highest BCUT2D eigenvalue weighted by atomic mass is 16.5. The first-order chi connectivity index (χ1) is 18.1. The Morgan fingerprint density at radius 2 is 1.82 bits per heavy atom. The van der Waals surface area contributed by atoms with Crippen molar-refractivity contribution in [2.75, 3.05) is 0 Å². The predicted molar refractivity (Wildman–Crippen MR) is 154 cm³/mol. The Morgan fingerprint density at radius 3 is 2.53 bits per heavy atom. The van der Waals surface area contributed by atoms with Crippen molar-refractivity contribution in [1.29, 1.82) is 0 Å². The highest BCUT2D eigenvalue weighted by molar-refractivity contribution is 5.89. The summed E-state index contributed by atoms with van der Waals surface area (Å²) in [7, 11) is 0. The van der Waals surface area contributed by atoms with Crippen molar-refractivity contribution in [2.24, 2.45) is 29.1 Å². The van der Waals surface area contributed by atoms with E-state index in [0.717, 1.165) is 25.7 Å². The molecule has 0 aliphatic heterocycles. The summed E-state index contributed by atoms with van der Waals surface area (Å²) < 4.78 is 5.93. The van der Waals surface area contributed by atoms with Gasteiger partial charge in [0.05, 0.1) is 11.7 Å². The zero-order valence-electron chi connectivity index (χ0n) is 24.2. The third kappa shape index (κ3) is 4.88. The number of carbonyl (C=O) groups is 1. The maximum Gasteiger partial charge on any atom is 0.338 e. The first-order valence-electron chi connectivity index (χ1n) is 14.9. The van der Waals surface area contributed by atoms with E-state index < -0.39 is 6.10 Å². The van der Waals surface area contributed by atoms with Crippen molar-refractivity contribution >= 4 is 5.97 Å². The molecular weight excluding hydrogens is 468 g/mol. The number of allylic oxidation sites excluding steroid dienone is 2. The van der Waals surface area contributed by atoms with Gasteiger partial charge in [-0.3, -0.25) is 0 Å². The lowest BCUT2D eigenvalue weighted by molar-refractivity contribution is 0.0266. The van der Waals surface area contributed by atoms with Crippen LogP contribution in [0.2, 0.25) is 0 Å². The molecule has 0 aromatic heterocycles. The van der Waals surface area contributed by atoms with Crippen LogP contribution in [0.15, 0.2) is 48.6 Å². The second-order valence-electron chi connectivity index (χ2n) is 13.1. The number of esters is 1. The van der Waals surface area contributed by atoms with E-state index in [9.17, 15) is 9.90 Å². The number of hydrogen-bond donors (Lipinski definition) is 1. The van der Waals surface area contributed by atoms with Gasteiger partial charge in [0.2, 0.25) is 0 Å². The molecule has 1 saturated carbocycles. The van der Waals surface area contributed by atoms with Gasteiger partial charge >= 0.3 is 5.97 Å². The summed E-state index contributed by atoms with van der Waals surface area (Å²) in [4.78, 5) is 12.7. The quantitative estimate of drug-likeness (QED) is 0.313. The molecule has 3 heteroatoms. The minimum absolute atomic E-state index is 0.111. The van der Waals surface area contributed by atoms with Gasteiger partial charge in [0.1, 0.15) is 6.10 Å². The number of hydrogen-bond acceptors (Lipinski definition) is 3. The minimum atomic E-state index is -0.435. The second kappa shape index (κ2) is 10.6. The number of fused-ring (bicyclic) bond motifs is 4. The topological polar surface area (TPSA) is 46.5 Å². The molecular formula is C35H46O3. The van der Waals surface area contributed by atoms with E-state index in [1.165, 1.54) is 40.7 Å². The minimum Gasteiger partial charge on any atom is -0.458 e. The summed E-state index contributed by atoms with van der Waals surface area (Å²) >= 11 is 0. The van der Waals surface area contributed by atoms with Crippen LogP contribution in [0.5, 0.6) is 0 Å². The Bertz CT molecular complexity index is 1200. The first kappa shape index (κ1) is 27.2. The summed E-state index contributed by atoms with van der Waals surface area (Å²) in [6.45, 7) is 13.9. The zero-order valence-corrected chi connectivity index (χ0v) is 24.2. The Labute approximate surface area is 229 Å². The van der Waals surface area contributed by atoms with E-state index in [0.29, 0.717) is 35.2 Å². The summed E-state index contributed by atoms with van der Waals surface area (Å²) in [5.74, 6) is 2.60. The average molecular weight is 515 g/mol. The molecule has 38 heavy (non-hydrogen) atoms. The molecule has 0 unspecified atom stereocenters. The van der Waals surface area contributed by atoms with Gasteiger partial charge in [0.25, 0.3) is 0 Å². The molecule has 204 valence electrons. The lowest BCUT2D eigenvalue weighted by atomic mass is 9.59. The average Bonchev–Trinajstić information content (AvgIpc) is 3.24. The third-order valence-corrected chi connectivity index (χ3v) is 10.5. The molecule has 3 aliphatic carbocycles. The fraction of sp³-hybridized carbons (Fsp3) is 0.571. The number of ether oxygens (including phenoxy) is 1. The second-order valence-corrected chi connectivity index (χ2v) is 13.1. The Morgan fingerprint density at radius 1 is 1.08 bits per heavy atom. The van der Waals surface area contributed by atoms with Gasteiger partial charge in [0, 0.05) is 6.42 Å². The van der Waals surface area contributed by atoms with E-state index in [-0.39, 0.29) is 17.5 Å². The predicted octanol–water partition coefficient (Wildman–Crippen LogP) is 8.13. The number of carbonyl (C=O) groups excluding carboxylic acids is 1. The largest absolute Gasteiger partial charge is 0.458 e. The molecule has 5 rings (SSSR count). The normalized spacial score (nSPS) is 30.0. The standard InChI is InChI=1S/C35H46O3/c1-21(2)22(3)12-13-23(4)30-16-17-31-29-18-26-14-15-27(38-34(37)25-10-8-7-9-11-25)19-28(26)24(5)33(29)32(36)20-35(30,31)6/h7-13,18,21-23,27,30-32,36H,14-17,19-20H2,1-6H3/b13-12+/t22-,23+,27-,30+,31-,32+,35+/m0/s1. The van der Waals surface area contributed by atoms with Crippen molar-refractivity contribution < 1.29 is 14.6 Å².